The van der Waals surface area contributed by atoms with Gasteiger partial charge in [0.25, 0.3) is 0 Å². The first-order chi connectivity index (χ1) is 9.88. The molecular formula is C16H17N3S. The Kier molecular flexibility index (Phi) is 4.02. The molecule has 0 amide bonds. The molecule has 0 radical (unpaired) electrons. The molecule has 102 valence electrons. The quantitative estimate of drug-likeness (QED) is 0.645. The standard InChI is InChI=1S/C16H17N3S/c1-2-8-16(20-13-9-4-3-5-10-13)19-15-12-7-6-11-14(15)17-18-19/h3-7,9-12,16H,2,8H2,1H3. The lowest BCUT2D eigenvalue weighted by Gasteiger charge is -2.16. The monoisotopic (exact) mass is 283 g/mol. The van der Waals surface area contributed by atoms with Crippen LogP contribution in [0.4, 0.5) is 0 Å². The van der Waals surface area contributed by atoms with Crippen molar-refractivity contribution in [2.24, 2.45) is 0 Å². The highest BCUT2D eigenvalue weighted by Crippen LogP contribution is 2.35. The zero-order valence-electron chi connectivity index (χ0n) is 11.4. The van der Waals surface area contributed by atoms with E-state index in [0.29, 0.717) is 0 Å². The molecule has 0 aliphatic rings. The lowest BCUT2D eigenvalue weighted by Crippen LogP contribution is -2.07. The van der Waals surface area contributed by atoms with E-state index in [9.17, 15) is 0 Å². The lowest BCUT2D eigenvalue weighted by molar-refractivity contribution is 0.552. The molecule has 0 saturated carbocycles. The van der Waals surface area contributed by atoms with E-state index < -0.39 is 0 Å². The second kappa shape index (κ2) is 6.09. The average molecular weight is 283 g/mol. The van der Waals surface area contributed by atoms with Gasteiger partial charge in [-0.25, -0.2) is 4.68 Å². The molecule has 0 N–H and O–H groups in total. The SMILES string of the molecule is CCCC(Sc1ccccc1)n1nnc2ccccc21. The molecule has 0 saturated heterocycles. The van der Waals surface area contributed by atoms with Crippen molar-refractivity contribution in [3.05, 3.63) is 54.6 Å². The normalized spacial score (nSPS) is 12.7. The maximum absolute atomic E-state index is 4.36. The Balaban J connectivity index is 1.94. The van der Waals surface area contributed by atoms with Crippen LogP contribution in [-0.4, -0.2) is 15.0 Å². The van der Waals surface area contributed by atoms with E-state index in [1.807, 2.05) is 36.0 Å². The number of aromatic nitrogens is 3. The van der Waals surface area contributed by atoms with Gasteiger partial charge in [-0.3, -0.25) is 0 Å². The molecule has 3 aromatic rings. The molecule has 0 aliphatic carbocycles. The highest BCUT2D eigenvalue weighted by Gasteiger charge is 2.16. The maximum Gasteiger partial charge on any atom is 0.113 e. The van der Waals surface area contributed by atoms with Crippen molar-refractivity contribution in [2.75, 3.05) is 0 Å². The largest absolute Gasteiger partial charge is 0.231 e. The van der Waals surface area contributed by atoms with Crippen LogP contribution in [0.3, 0.4) is 0 Å². The van der Waals surface area contributed by atoms with Gasteiger partial charge in [-0.15, -0.1) is 5.10 Å². The summed E-state index contributed by atoms with van der Waals surface area (Å²) < 4.78 is 2.05. The van der Waals surface area contributed by atoms with Crippen molar-refractivity contribution >= 4 is 22.8 Å². The summed E-state index contributed by atoms with van der Waals surface area (Å²) >= 11 is 1.85. The van der Waals surface area contributed by atoms with Crippen LogP contribution in [0.5, 0.6) is 0 Å². The molecule has 3 nitrogen and oxygen atoms in total. The van der Waals surface area contributed by atoms with Gasteiger partial charge in [0.15, 0.2) is 0 Å². The average Bonchev–Trinajstić information content (AvgIpc) is 2.92. The number of rotatable bonds is 5. The Morgan fingerprint density at radius 1 is 1.05 bits per heavy atom. The third-order valence-corrected chi connectivity index (χ3v) is 4.45. The summed E-state index contributed by atoms with van der Waals surface area (Å²) in [5.74, 6) is 0. The number of thioether (sulfide) groups is 1. The van der Waals surface area contributed by atoms with Gasteiger partial charge in [-0.05, 0) is 30.7 Å². The molecule has 3 rings (SSSR count). The van der Waals surface area contributed by atoms with E-state index in [0.717, 1.165) is 23.9 Å². The van der Waals surface area contributed by atoms with Crippen LogP contribution >= 0.6 is 11.8 Å². The minimum atomic E-state index is 0.287. The van der Waals surface area contributed by atoms with Gasteiger partial charge in [0.1, 0.15) is 10.9 Å². The Morgan fingerprint density at radius 3 is 2.60 bits per heavy atom. The molecule has 4 heteroatoms. The van der Waals surface area contributed by atoms with Crippen LogP contribution in [0.2, 0.25) is 0 Å². The van der Waals surface area contributed by atoms with E-state index in [2.05, 4.69) is 52.2 Å². The molecule has 0 aliphatic heterocycles. The molecule has 1 unspecified atom stereocenters. The van der Waals surface area contributed by atoms with Crippen LogP contribution in [0.15, 0.2) is 59.5 Å². The maximum atomic E-state index is 4.36. The summed E-state index contributed by atoms with van der Waals surface area (Å²) in [5, 5.41) is 8.91. The first-order valence-electron chi connectivity index (χ1n) is 6.90. The number of fused-ring (bicyclic) bond motifs is 1. The van der Waals surface area contributed by atoms with Gasteiger partial charge < -0.3 is 0 Å². The fourth-order valence-electron chi connectivity index (χ4n) is 2.23. The first-order valence-corrected chi connectivity index (χ1v) is 7.78. The molecular weight excluding hydrogens is 266 g/mol. The minimum Gasteiger partial charge on any atom is -0.231 e. The Bertz CT molecular complexity index is 678. The number of benzene rings is 2. The number of hydrogen-bond donors (Lipinski definition) is 0. The highest BCUT2D eigenvalue weighted by molar-refractivity contribution is 7.99. The Morgan fingerprint density at radius 2 is 1.80 bits per heavy atom. The lowest BCUT2D eigenvalue weighted by atomic mass is 10.3. The van der Waals surface area contributed by atoms with E-state index in [-0.39, 0.29) is 5.37 Å². The summed E-state index contributed by atoms with van der Waals surface area (Å²) in [5.41, 5.74) is 2.07. The van der Waals surface area contributed by atoms with Crippen molar-refractivity contribution < 1.29 is 0 Å². The molecule has 20 heavy (non-hydrogen) atoms. The summed E-state index contributed by atoms with van der Waals surface area (Å²) in [6.07, 6.45) is 2.20. The van der Waals surface area contributed by atoms with Gasteiger partial charge >= 0.3 is 0 Å². The summed E-state index contributed by atoms with van der Waals surface area (Å²) in [7, 11) is 0. The highest BCUT2D eigenvalue weighted by atomic mass is 32.2. The zero-order chi connectivity index (χ0) is 13.8. The smallest absolute Gasteiger partial charge is 0.113 e. The third kappa shape index (κ3) is 2.70. The molecule has 0 fully saturated rings. The summed E-state index contributed by atoms with van der Waals surface area (Å²) in [6.45, 7) is 2.21. The Hall–Kier alpha value is -1.81. The van der Waals surface area contributed by atoms with Crippen molar-refractivity contribution in [3.63, 3.8) is 0 Å². The van der Waals surface area contributed by atoms with Crippen LogP contribution in [0.25, 0.3) is 11.0 Å². The van der Waals surface area contributed by atoms with E-state index in [1.54, 1.807) is 0 Å². The van der Waals surface area contributed by atoms with Crippen LogP contribution in [0, 0.1) is 0 Å². The zero-order valence-corrected chi connectivity index (χ0v) is 12.3. The van der Waals surface area contributed by atoms with E-state index >= 15 is 0 Å². The van der Waals surface area contributed by atoms with Crippen LogP contribution in [0.1, 0.15) is 25.1 Å². The minimum absolute atomic E-state index is 0.287. The van der Waals surface area contributed by atoms with Crippen molar-refractivity contribution in [1.82, 2.24) is 15.0 Å². The second-order valence-electron chi connectivity index (χ2n) is 4.70. The van der Waals surface area contributed by atoms with Crippen LogP contribution in [-0.2, 0) is 0 Å². The molecule has 0 bridgehead atoms. The summed E-state index contributed by atoms with van der Waals surface area (Å²) in [6, 6.07) is 18.6. The molecule has 0 spiro atoms. The number of nitrogens with zero attached hydrogens (tertiary/aromatic N) is 3. The van der Waals surface area contributed by atoms with Gasteiger partial charge in [0, 0.05) is 4.90 Å². The van der Waals surface area contributed by atoms with Gasteiger partial charge in [0.05, 0.1) is 5.52 Å². The molecule has 1 atom stereocenters. The Labute approximate surface area is 123 Å². The molecule has 1 heterocycles. The number of hydrogen-bond acceptors (Lipinski definition) is 3. The molecule has 2 aromatic carbocycles. The van der Waals surface area contributed by atoms with Gasteiger partial charge in [0.2, 0.25) is 0 Å². The predicted molar refractivity (Wildman–Crippen MR) is 83.8 cm³/mol. The first kappa shape index (κ1) is 13.2. The second-order valence-corrected chi connectivity index (χ2v) is 5.95. The summed E-state index contributed by atoms with van der Waals surface area (Å²) in [4.78, 5) is 1.27. The van der Waals surface area contributed by atoms with E-state index in [4.69, 9.17) is 0 Å². The predicted octanol–water partition coefficient (Wildman–Crippen LogP) is 4.52. The topological polar surface area (TPSA) is 30.7 Å². The van der Waals surface area contributed by atoms with Crippen molar-refractivity contribution in [2.45, 2.75) is 30.0 Å². The van der Waals surface area contributed by atoms with Crippen molar-refractivity contribution in [3.8, 4) is 0 Å². The van der Waals surface area contributed by atoms with E-state index in [1.165, 1.54) is 4.90 Å². The number of para-hydroxylation sites is 1. The van der Waals surface area contributed by atoms with Crippen LogP contribution < -0.4 is 0 Å². The molecule has 1 aromatic heterocycles. The van der Waals surface area contributed by atoms with Gasteiger partial charge in [-0.1, -0.05) is 60.7 Å². The fraction of sp³-hybridized carbons (Fsp3) is 0.250. The fourth-order valence-corrected chi connectivity index (χ4v) is 3.47. The third-order valence-electron chi connectivity index (χ3n) is 3.20. The van der Waals surface area contributed by atoms with Gasteiger partial charge in [-0.2, -0.15) is 0 Å². The van der Waals surface area contributed by atoms with Crippen molar-refractivity contribution in [1.29, 1.82) is 0 Å².